The molecule has 0 atom stereocenters. The summed E-state index contributed by atoms with van der Waals surface area (Å²) in [6, 6.07) is 8.81. The molecular formula is C23H23FN4O3S. The number of benzene rings is 1. The molecule has 0 aliphatic heterocycles. The summed E-state index contributed by atoms with van der Waals surface area (Å²) in [5.74, 6) is -0.140. The first-order valence-corrected chi connectivity index (χ1v) is 11.0. The molecule has 0 saturated carbocycles. The standard InChI is InChI=1S/C23H23FN4O3S/c1-4-14-9-19(32-22(14)23(29)30)18-11-20(27-12-26-18)25-5-6-28-13(2)7-15-8-16(31-3)10-17(24)21(15)28/h7-12H,4-6H2,1-3H3,(H,29,30)(H,25,26,27). The first-order chi connectivity index (χ1) is 15.4. The number of fused-ring (bicyclic) bond motifs is 1. The summed E-state index contributed by atoms with van der Waals surface area (Å²) < 4.78 is 21.7. The minimum atomic E-state index is -0.926. The number of carboxylic acids is 1. The van der Waals surface area contributed by atoms with Crippen LogP contribution in [0.3, 0.4) is 0 Å². The maximum absolute atomic E-state index is 14.6. The van der Waals surface area contributed by atoms with Gasteiger partial charge < -0.3 is 19.7 Å². The van der Waals surface area contributed by atoms with Crippen molar-refractivity contribution in [1.29, 1.82) is 0 Å². The van der Waals surface area contributed by atoms with Gasteiger partial charge in [-0.1, -0.05) is 6.92 Å². The normalized spacial score (nSPS) is 11.1. The maximum Gasteiger partial charge on any atom is 0.346 e. The summed E-state index contributed by atoms with van der Waals surface area (Å²) in [5.41, 5.74) is 2.94. The van der Waals surface area contributed by atoms with Crippen molar-refractivity contribution in [2.45, 2.75) is 26.8 Å². The van der Waals surface area contributed by atoms with E-state index in [1.165, 1.54) is 30.8 Å². The number of hydrogen-bond donors (Lipinski definition) is 2. The van der Waals surface area contributed by atoms with Gasteiger partial charge in [-0.3, -0.25) is 0 Å². The number of ether oxygens (including phenoxy) is 1. The topological polar surface area (TPSA) is 89.3 Å². The highest BCUT2D eigenvalue weighted by Crippen LogP contribution is 2.32. The monoisotopic (exact) mass is 454 g/mol. The lowest BCUT2D eigenvalue weighted by atomic mass is 10.2. The van der Waals surface area contributed by atoms with Gasteiger partial charge in [0.05, 0.1) is 23.2 Å². The van der Waals surface area contributed by atoms with Crippen LogP contribution in [0.2, 0.25) is 0 Å². The molecule has 2 N–H and O–H groups in total. The largest absolute Gasteiger partial charge is 0.497 e. The Morgan fingerprint density at radius 2 is 2.06 bits per heavy atom. The van der Waals surface area contributed by atoms with Crippen molar-refractivity contribution in [3.63, 3.8) is 0 Å². The molecule has 4 aromatic rings. The molecule has 0 saturated heterocycles. The number of thiophene rings is 1. The molecule has 0 aliphatic rings. The fraction of sp³-hybridized carbons (Fsp3) is 0.261. The highest BCUT2D eigenvalue weighted by molar-refractivity contribution is 7.17. The van der Waals surface area contributed by atoms with Gasteiger partial charge in [0.1, 0.15) is 22.8 Å². The predicted molar refractivity (Wildman–Crippen MR) is 123 cm³/mol. The third kappa shape index (κ3) is 4.16. The number of aryl methyl sites for hydroxylation is 2. The molecule has 0 aliphatic carbocycles. The summed E-state index contributed by atoms with van der Waals surface area (Å²) in [6.07, 6.45) is 2.09. The van der Waals surface area contributed by atoms with Crippen molar-refractivity contribution in [1.82, 2.24) is 14.5 Å². The molecular weight excluding hydrogens is 431 g/mol. The van der Waals surface area contributed by atoms with Gasteiger partial charge in [0.25, 0.3) is 0 Å². The van der Waals surface area contributed by atoms with Crippen molar-refractivity contribution in [2.75, 3.05) is 19.0 Å². The first-order valence-electron chi connectivity index (χ1n) is 10.2. The van der Waals surface area contributed by atoms with Gasteiger partial charge in [-0.2, -0.15) is 0 Å². The fourth-order valence-electron chi connectivity index (χ4n) is 3.76. The number of nitrogens with zero attached hydrogens (tertiary/aromatic N) is 3. The van der Waals surface area contributed by atoms with Gasteiger partial charge in [0.2, 0.25) is 0 Å². The van der Waals surface area contributed by atoms with E-state index in [2.05, 4.69) is 15.3 Å². The minimum Gasteiger partial charge on any atom is -0.497 e. The summed E-state index contributed by atoms with van der Waals surface area (Å²) >= 11 is 1.21. The highest BCUT2D eigenvalue weighted by atomic mass is 32.1. The zero-order valence-electron chi connectivity index (χ0n) is 18.0. The van der Waals surface area contributed by atoms with Gasteiger partial charge in [-0.25, -0.2) is 19.2 Å². The molecule has 0 unspecified atom stereocenters. The summed E-state index contributed by atoms with van der Waals surface area (Å²) in [5, 5.41) is 13.4. The zero-order valence-corrected chi connectivity index (χ0v) is 18.8. The Labute approximate surface area is 188 Å². The Bertz CT molecular complexity index is 1300. The number of methoxy groups -OCH3 is 1. The van der Waals surface area contributed by atoms with E-state index in [1.807, 2.05) is 36.6 Å². The van der Waals surface area contributed by atoms with E-state index >= 15 is 0 Å². The molecule has 0 bridgehead atoms. The van der Waals surface area contributed by atoms with E-state index in [9.17, 15) is 14.3 Å². The van der Waals surface area contributed by atoms with Crippen molar-refractivity contribution >= 4 is 34.0 Å². The average Bonchev–Trinajstić information content (AvgIpc) is 3.35. The fourth-order valence-corrected chi connectivity index (χ4v) is 4.82. The lowest BCUT2D eigenvalue weighted by Gasteiger charge is -2.11. The van der Waals surface area contributed by atoms with Gasteiger partial charge in [-0.15, -0.1) is 11.3 Å². The number of aromatic carboxylic acids is 1. The van der Waals surface area contributed by atoms with Crippen LogP contribution in [0.15, 0.2) is 36.7 Å². The Morgan fingerprint density at radius 3 is 2.75 bits per heavy atom. The van der Waals surface area contributed by atoms with Crippen LogP contribution in [0.25, 0.3) is 21.5 Å². The molecule has 0 fully saturated rings. The molecule has 7 nitrogen and oxygen atoms in total. The molecule has 4 rings (SSSR count). The maximum atomic E-state index is 14.6. The Balaban J connectivity index is 1.51. The minimum absolute atomic E-state index is 0.324. The van der Waals surface area contributed by atoms with Crippen molar-refractivity contribution in [3.05, 3.63) is 58.6 Å². The molecule has 0 radical (unpaired) electrons. The Hall–Kier alpha value is -3.46. The number of halogens is 1. The number of carbonyl (C=O) groups is 1. The van der Waals surface area contributed by atoms with Gasteiger partial charge >= 0.3 is 5.97 Å². The molecule has 1 aromatic carbocycles. The molecule has 3 aromatic heterocycles. The van der Waals surface area contributed by atoms with E-state index < -0.39 is 5.97 Å². The molecule has 32 heavy (non-hydrogen) atoms. The number of carboxylic acid groups (broad SMARTS) is 1. The highest BCUT2D eigenvalue weighted by Gasteiger charge is 2.16. The lowest BCUT2D eigenvalue weighted by Crippen LogP contribution is -2.12. The second-order valence-corrected chi connectivity index (χ2v) is 8.38. The summed E-state index contributed by atoms with van der Waals surface area (Å²) in [7, 11) is 1.52. The second-order valence-electron chi connectivity index (χ2n) is 7.32. The number of anilines is 1. The van der Waals surface area contributed by atoms with Gasteiger partial charge in [0.15, 0.2) is 5.82 Å². The van der Waals surface area contributed by atoms with Gasteiger partial charge in [0, 0.05) is 36.3 Å². The average molecular weight is 455 g/mol. The third-order valence-corrected chi connectivity index (χ3v) is 6.50. The number of hydrogen-bond acceptors (Lipinski definition) is 6. The van der Waals surface area contributed by atoms with E-state index in [1.54, 1.807) is 6.07 Å². The number of nitrogens with one attached hydrogen (secondary N) is 1. The molecule has 0 amide bonds. The molecule has 0 spiro atoms. The van der Waals surface area contributed by atoms with E-state index in [0.717, 1.165) is 21.5 Å². The number of rotatable bonds is 8. The molecule has 166 valence electrons. The molecule has 9 heteroatoms. The van der Waals surface area contributed by atoms with Crippen LogP contribution in [-0.4, -0.2) is 39.3 Å². The Kier molecular flexibility index (Phi) is 6.09. The van der Waals surface area contributed by atoms with Gasteiger partial charge in [-0.05, 0) is 37.1 Å². The first kappa shape index (κ1) is 21.8. The van der Waals surface area contributed by atoms with Crippen LogP contribution >= 0.6 is 11.3 Å². The number of aromatic nitrogens is 3. The SMILES string of the molecule is CCc1cc(-c2cc(NCCn3c(C)cc4cc(OC)cc(F)c43)ncn2)sc1C(=O)O. The zero-order chi connectivity index (χ0) is 22.8. The van der Waals surface area contributed by atoms with Crippen LogP contribution in [0, 0.1) is 12.7 Å². The van der Waals surface area contributed by atoms with Crippen molar-refractivity contribution in [2.24, 2.45) is 0 Å². The van der Waals surface area contributed by atoms with Crippen molar-refractivity contribution in [3.8, 4) is 16.3 Å². The van der Waals surface area contributed by atoms with E-state index in [-0.39, 0.29) is 5.82 Å². The van der Waals surface area contributed by atoms with Crippen LogP contribution in [-0.2, 0) is 13.0 Å². The van der Waals surface area contributed by atoms with Crippen LogP contribution in [0.1, 0.15) is 27.9 Å². The van der Waals surface area contributed by atoms with Crippen molar-refractivity contribution < 1.29 is 19.0 Å². The van der Waals surface area contributed by atoms with Crippen LogP contribution in [0.4, 0.5) is 10.2 Å². The lowest BCUT2D eigenvalue weighted by molar-refractivity contribution is 0.0701. The smallest absolute Gasteiger partial charge is 0.346 e. The summed E-state index contributed by atoms with van der Waals surface area (Å²) in [4.78, 5) is 21.1. The quantitative estimate of drug-likeness (QED) is 0.390. The predicted octanol–water partition coefficient (Wildman–Crippen LogP) is 4.99. The third-order valence-electron chi connectivity index (χ3n) is 5.31. The Morgan fingerprint density at radius 1 is 1.25 bits per heavy atom. The van der Waals surface area contributed by atoms with E-state index in [4.69, 9.17) is 4.74 Å². The molecule has 3 heterocycles. The van der Waals surface area contributed by atoms with Crippen LogP contribution in [0.5, 0.6) is 5.75 Å². The second kappa shape index (κ2) is 8.96. The summed E-state index contributed by atoms with van der Waals surface area (Å²) in [6.45, 7) is 4.94. The van der Waals surface area contributed by atoms with Crippen LogP contribution < -0.4 is 10.1 Å². The van der Waals surface area contributed by atoms with E-state index in [0.29, 0.717) is 47.2 Å².